The molecule has 2 bridgehead atoms. The molecule has 5 rings (SSSR count). The number of ether oxygens (including phenoxy) is 3. The lowest BCUT2D eigenvalue weighted by Crippen LogP contribution is -2.43. The summed E-state index contributed by atoms with van der Waals surface area (Å²) >= 11 is 0. The lowest BCUT2D eigenvalue weighted by molar-refractivity contribution is -0.131. The van der Waals surface area contributed by atoms with Crippen LogP contribution in [0.5, 0.6) is 11.5 Å². The van der Waals surface area contributed by atoms with Crippen LogP contribution in [-0.2, 0) is 14.3 Å². The zero-order valence-corrected chi connectivity index (χ0v) is 12.9. The quantitative estimate of drug-likeness (QED) is 0.632. The van der Waals surface area contributed by atoms with E-state index in [9.17, 15) is 14.7 Å². The second-order valence-electron chi connectivity index (χ2n) is 6.74. The van der Waals surface area contributed by atoms with Crippen molar-refractivity contribution in [1.82, 2.24) is 0 Å². The average Bonchev–Trinajstić information content (AvgIpc) is 3.27. The molecule has 4 aliphatic rings. The highest BCUT2D eigenvalue weighted by atomic mass is 16.7. The summed E-state index contributed by atoms with van der Waals surface area (Å²) in [4.78, 5) is 27.2. The minimum Gasteiger partial charge on any atom is -0.454 e. The molecule has 7 nitrogen and oxygen atoms in total. The van der Waals surface area contributed by atoms with Crippen LogP contribution in [0.15, 0.2) is 30.4 Å². The van der Waals surface area contributed by atoms with E-state index in [4.69, 9.17) is 14.2 Å². The van der Waals surface area contributed by atoms with Crippen molar-refractivity contribution in [3.8, 4) is 11.5 Å². The number of rotatable bonds is 2. The lowest BCUT2D eigenvalue weighted by Gasteiger charge is -2.27. The Balaban J connectivity index is 1.59. The number of hydrogen-bond donors (Lipinski definition) is 1. The Hall–Kier alpha value is -2.38. The number of hydrogen-bond acceptors (Lipinski definition) is 6. The molecule has 7 heteroatoms. The second-order valence-corrected chi connectivity index (χ2v) is 6.74. The first kappa shape index (κ1) is 14.0. The molecule has 2 amide bonds. The van der Waals surface area contributed by atoms with E-state index in [0.717, 1.165) is 0 Å². The zero-order valence-electron chi connectivity index (χ0n) is 12.9. The van der Waals surface area contributed by atoms with Gasteiger partial charge >= 0.3 is 0 Å². The minimum absolute atomic E-state index is 0.120. The van der Waals surface area contributed by atoms with Gasteiger partial charge in [-0.1, -0.05) is 12.2 Å². The van der Waals surface area contributed by atoms with Gasteiger partial charge in [-0.2, -0.15) is 0 Å². The summed E-state index contributed by atoms with van der Waals surface area (Å²) in [7, 11) is 0. The van der Waals surface area contributed by atoms with Gasteiger partial charge in [-0.15, -0.1) is 0 Å². The number of imide groups is 1. The van der Waals surface area contributed by atoms with Gasteiger partial charge in [0.25, 0.3) is 0 Å². The number of aliphatic hydroxyl groups excluding tert-OH is 1. The SMILES string of the molecule is C[C@@]12C=C[C@@](CO)(O1)[C@@H]1C(=O)N(c3ccc4c(c3)OCO4)C(=O)[C@@H]12. The molecular weight excluding hydrogens is 314 g/mol. The number of aliphatic hydroxyl groups is 1. The number of benzene rings is 1. The molecule has 0 unspecified atom stereocenters. The Kier molecular flexibility index (Phi) is 2.43. The van der Waals surface area contributed by atoms with Crippen molar-refractivity contribution in [2.24, 2.45) is 11.8 Å². The van der Waals surface area contributed by atoms with Gasteiger partial charge < -0.3 is 19.3 Å². The van der Waals surface area contributed by atoms with E-state index in [2.05, 4.69) is 0 Å². The first-order valence-corrected chi connectivity index (χ1v) is 7.78. The molecule has 0 aromatic heterocycles. The van der Waals surface area contributed by atoms with E-state index in [1.165, 1.54) is 4.90 Å². The summed E-state index contributed by atoms with van der Waals surface area (Å²) in [5.41, 5.74) is -1.54. The number of carbonyl (C=O) groups is 2. The largest absolute Gasteiger partial charge is 0.454 e. The van der Waals surface area contributed by atoms with E-state index < -0.39 is 23.0 Å². The average molecular weight is 329 g/mol. The minimum atomic E-state index is -1.11. The van der Waals surface area contributed by atoms with Crippen LogP contribution in [0.3, 0.4) is 0 Å². The maximum absolute atomic E-state index is 13.0. The molecule has 1 aromatic rings. The van der Waals surface area contributed by atoms with Crippen LogP contribution in [0.2, 0.25) is 0 Å². The topological polar surface area (TPSA) is 85.3 Å². The smallest absolute Gasteiger partial charge is 0.241 e. The van der Waals surface area contributed by atoms with Crippen LogP contribution in [0, 0.1) is 11.8 Å². The van der Waals surface area contributed by atoms with Crippen molar-refractivity contribution in [2.45, 2.75) is 18.1 Å². The summed E-state index contributed by atoms with van der Waals surface area (Å²) in [6.07, 6.45) is 3.49. The van der Waals surface area contributed by atoms with E-state index in [0.29, 0.717) is 17.2 Å². The van der Waals surface area contributed by atoms with Crippen molar-refractivity contribution >= 4 is 17.5 Å². The molecule has 24 heavy (non-hydrogen) atoms. The monoisotopic (exact) mass is 329 g/mol. The summed E-state index contributed by atoms with van der Waals surface area (Å²) < 4.78 is 16.5. The van der Waals surface area contributed by atoms with E-state index >= 15 is 0 Å². The van der Waals surface area contributed by atoms with Crippen molar-refractivity contribution < 1.29 is 28.9 Å². The Bertz CT molecular complexity index is 819. The maximum Gasteiger partial charge on any atom is 0.241 e. The van der Waals surface area contributed by atoms with Gasteiger partial charge in [0.1, 0.15) is 5.60 Å². The Morgan fingerprint density at radius 2 is 1.92 bits per heavy atom. The Morgan fingerprint density at radius 3 is 2.71 bits per heavy atom. The number of fused-ring (bicyclic) bond motifs is 6. The van der Waals surface area contributed by atoms with E-state index in [1.807, 2.05) is 0 Å². The van der Waals surface area contributed by atoms with Gasteiger partial charge in [-0.05, 0) is 19.1 Å². The van der Waals surface area contributed by atoms with Crippen LogP contribution in [-0.4, -0.2) is 41.5 Å². The highest BCUT2D eigenvalue weighted by molar-refractivity contribution is 6.23. The van der Waals surface area contributed by atoms with Gasteiger partial charge in [-0.3, -0.25) is 9.59 Å². The molecule has 124 valence electrons. The van der Waals surface area contributed by atoms with Crippen LogP contribution >= 0.6 is 0 Å². The first-order valence-electron chi connectivity index (χ1n) is 7.78. The van der Waals surface area contributed by atoms with E-state index in [-0.39, 0.29) is 25.2 Å². The number of anilines is 1. The number of nitrogens with zero attached hydrogens (tertiary/aromatic N) is 1. The fraction of sp³-hybridized carbons (Fsp3) is 0.412. The summed E-state index contributed by atoms with van der Waals surface area (Å²) in [6, 6.07) is 4.97. The molecular formula is C17H15NO6. The highest BCUT2D eigenvalue weighted by Crippen LogP contribution is 2.57. The van der Waals surface area contributed by atoms with Gasteiger partial charge in [0, 0.05) is 6.07 Å². The molecule has 4 heterocycles. The molecule has 0 saturated carbocycles. The molecule has 2 fully saturated rings. The predicted octanol–water partition coefficient (Wildman–Crippen LogP) is 0.611. The molecule has 2 saturated heterocycles. The fourth-order valence-electron chi connectivity index (χ4n) is 4.32. The van der Waals surface area contributed by atoms with E-state index in [1.54, 1.807) is 37.3 Å². The summed E-state index contributed by atoms with van der Waals surface area (Å²) in [5, 5.41) is 9.80. The predicted molar refractivity (Wildman–Crippen MR) is 80.5 cm³/mol. The number of carbonyl (C=O) groups excluding carboxylic acids is 2. The number of amides is 2. The molecule has 0 radical (unpaired) electrons. The lowest BCUT2D eigenvalue weighted by atomic mass is 9.73. The summed E-state index contributed by atoms with van der Waals surface area (Å²) in [5.74, 6) is -0.924. The molecule has 1 aromatic carbocycles. The zero-order chi connectivity index (χ0) is 16.7. The molecule has 4 atom stereocenters. The standard InChI is InChI=1S/C17H15NO6/c1-16-4-5-17(7-19,24-16)13-12(16)14(20)18(15(13)21)9-2-3-10-11(6-9)23-8-22-10/h2-6,12-13,19H,7-8H2,1H3/t12-,13+,16+,17+/m1/s1. The van der Waals surface area contributed by atoms with Gasteiger partial charge in [-0.25, -0.2) is 4.90 Å². The molecule has 0 aliphatic carbocycles. The highest BCUT2D eigenvalue weighted by Gasteiger charge is 2.72. The van der Waals surface area contributed by atoms with Crippen molar-refractivity contribution in [1.29, 1.82) is 0 Å². The van der Waals surface area contributed by atoms with Gasteiger partial charge in [0.05, 0.1) is 29.7 Å². The van der Waals surface area contributed by atoms with Crippen LogP contribution < -0.4 is 14.4 Å². The Morgan fingerprint density at radius 1 is 1.17 bits per heavy atom. The molecule has 1 N–H and O–H groups in total. The van der Waals surface area contributed by atoms with Crippen molar-refractivity contribution in [3.63, 3.8) is 0 Å². The van der Waals surface area contributed by atoms with Crippen molar-refractivity contribution in [2.75, 3.05) is 18.3 Å². The van der Waals surface area contributed by atoms with Crippen LogP contribution in [0.4, 0.5) is 5.69 Å². The molecule has 4 aliphatic heterocycles. The van der Waals surface area contributed by atoms with Gasteiger partial charge in [0.2, 0.25) is 18.6 Å². The normalized spacial score (nSPS) is 38.3. The third-order valence-electron chi connectivity index (χ3n) is 5.42. The third kappa shape index (κ3) is 1.44. The second kappa shape index (κ2) is 4.17. The first-order chi connectivity index (χ1) is 11.5. The summed E-state index contributed by atoms with van der Waals surface area (Å²) in [6.45, 7) is 1.56. The van der Waals surface area contributed by atoms with Crippen LogP contribution in [0.25, 0.3) is 0 Å². The third-order valence-corrected chi connectivity index (χ3v) is 5.42. The molecule has 0 spiro atoms. The van der Waals surface area contributed by atoms with Crippen molar-refractivity contribution in [3.05, 3.63) is 30.4 Å². The van der Waals surface area contributed by atoms with Gasteiger partial charge in [0.15, 0.2) is 11.5 Å². The van der Waals surface area contributed by atoms with Crippen LogP contribution in [0.1, 0.15) is 6.92 Å². The Labute approximate surface area is 137 Å². The maximum atomic E-state index is 13.0. The fourth-order valence-corrected chi connectivity index (χ4v) is 4.32.